The molecule has 0 aliphatic rings. The third-order valence-electron chi connectivity index (χ3n) is 1.48. The molecule has 1 aromatic heterocycles. The van der Waals surface area contributed by atoms with Gasteiger partial charge in [-0.25, -0.2) is 0 Å². The van der Waals surface area contributed by atoms with Gasteiger partial charge in [0.1, 0.15) is 9.85 Å². The molecule has 0 amide bonds. The number of hydrogen-bond acceptors (Lipinski definition) is 7. The van der Waals surface area contributed by atoms with Gasteiger partial charge >= 0.3 is 41.5 Å². The van der Waals surface area contributed by atoms with Crippen LogP contribution in [0.25, 0.3) is 0 Å². The van der Waals surface area contributed by atoms with Crippen molar-refractivity contribution in [3.05, 3.63) is 42.4 Å². The van der Waals surface area contributed by atoms with E-state index in [9.17, 15) is 30.3 Å². The fourth-order valence-corrected chi connectivity index (χ4v) is 0.920. The predicted molar refractivity (Wildman–Crippen MR) is 49.1 cm³/mol. The first kappa shape index (κ1) is 14.4. The van der Waals surface area contributed by atoms with Crippen molar-refractivity contribution in [2.24, 2.45) is 0 Å². The molecule has 0 radical (unpaired) electrons. The predicted octanol–water partition coefficient (Wildman–Crippen LogP) is -0.779. The van der Waals surface area contributed by atoms with Crippen LogP contribution in [0.5, 0.6) is 0 Å². The van der Waals surface area contributed by atoms with Crippen LogP contribution in [0.2, 0.25) is 0 Å². The molecule has 12 heteroatoms. The van der Waals surface area contributed by atoms with E-state index in [4.69, 9.17) is 0 Å². The van der Waals surface area contributed by atoms with E-state index in [1.165, 1.54) is 0 Å². The van der Waals surface area contributed by atoms with Crippen LogP contribution < -0.4 is 0 Å². The van der Waals surface area contributed by atoms with Gasteiger partial charge in [0.25, 0.3) is 5.69 Å². The maximum atomic E-state index is 10.3. The summed E-state index contributed by atoms with van der Waals surface area (Å²) in [5.41, 5.74) is -0.755. The van der Waals surface area contributed by atoms with Crippen molar-refractivity contribution >= 4 is 35.4 Å². The van der Waals surface area contributed by atoms with Crippen LogP contribution in [-0.2, 0) is 0 Å². The maximum absolute atomic E-state index is 10.3. The Labute approximate surface area is 109 Å². The average molecular weight is 241 g/mol. The van der Waals surface area contributed by atoms with Crippen molar-refractivity contribution in [3.8, 4) is 0 Å². The molecule has 1 heterocycles. The fourth-order valence-electron chi connectivity index (χ4n) is 0.920. The third-order valence-corrected chi connectivity index (χ3v) is 1.48. The van der Waals surface area contributed by atoms with E-state index in [-0.39, 0.29) is 29.6 Å². The minimum absolute atomic E-state index is 0. The van der Waals surface area contributed by atoms with E-state index in [2.05, 4.69) is 4.98 Å². The Hall–Kier alpha value is -1.59. The van der Waals surface area contributed by atoms with Crippen LogP contribution in [0, 0.1) is 30.3 Å². The van der Waals surface area contributed by atoms with Gasteiger partial charge in [-0.1, -0.05) is 0 Å². The zero-order valence-electron chi connectivity index (χ0n) is 6.89. The molecule has 0 spiro atoms. The summed E-state index contributed by atoms with van der Waals surface area (Å²) in [5, 5.41) is 30.9. The second kappa shape index (κ2) is 5.48. The van der Waals surface area contributed by atoms with Crippen LogP contribution >= 0.6 is 0 Å². The first-order chi connectivity index (χ1) is 6.95. The Morgan fingerprint density at radius 1 is 1.19 bits per heavy atom. The summed E-state index contributed by atoms with van der Waals surface area (Å²) in [5.74, 6) is -0.923. The minimum atomic E-state index is -2.41. The summed E-state index contributed by atoms with van der Waals surface area (Å²) in [7, 11) is 0. The number of hydrogen-bond donors (Lipinski definition) is 1. The van der Waals surface area contributed by atoms with E-state index >= 15 is 0 Å². The van der Waals surface area contributed by atoms with Crippen LogP contribution in [0.1, 0.15) is 11.9 Å². The second-order valence-corrected chi connectivity index (χ2v) is 2.34. The van der Waals surface area contributed by atoms with E-state index in [1.807, 2.05) is 4.98 Å². The third kappa shape index (κ3) is 2.71. The summed E-state index contributed by atoms with van der Waals surface area (Å²) < 4.78 is 0. The molecular formula is C4H4N5NaO6. The van der Waals surface area contributed by atoms with Gasteiger partial charge in [0.2, 0.25) is 6.33 Å². The van der Waals surface area contributed by atoms with Crippen molar-refractivity contribution in [3.63, 3.8) is 0 Å². The van der Waals surface area contributed by atoms with Crippen molar-refractivity contribution < 1.29 is 14.8 Å². The Morgan fingerprint density at radius 3 is 2.06 bits per heavy atom. The molecule has 1 aromatic rings. The Kier molecular flexibility index (Phi) is 4.94. The van der Waals surface area contributed by atoms with E-state index < -0.39 is 32.4 Å². The fraction of sp³-hybridized carbons (Fsp3) is 0.250. The number of rotatable bonds is 4. The zero-order chi connectivity index (χ0) is 11.6. The van der Waals surface area contributed by atoms with Gasteiger partial charge in [0, 0.05) is 0 Å². The molecule has 0 aromatic carbocycles. The normalized spacial score (nSPS) is 9.56. The first-order valence-corrected chi connectivity index (χ1v) is 3.39. The topological polar surface area (TPSA) is 158 Å². The summed E-state index contributed by atoms with van der Waals surface area (Å²) in [6.07, 6.45) is -1.62. The molecular weight excluding hydrogens is 237 g/mol. The molecule has 0 fully saturated rings. The molecule has 16 heavy (non-hydrogen) atoms. The molecule has 0 aliphatic carbocycles. The SMILES string of the molecule is O=[N+]([O-])c1nc[nH]c1C([N+](=O)[O-])[N+](=O)[O-].[NaH]. The molecule has 1 rings (SSSR count). The van der Waals surface area contributed by atoms with Gasteiger partial charge in [-0.15, -0.1) is 0 Å². The first-order valence-electron chi connectivity index (χ1n) is 3.39. The van der Waals surface area contributed by atoms with Crippen molar-refractivity contribution in [2.45, 2.75) is 6.17 Å². The summed E-state index contributed by atoms with van der Waals surface area (Å²) in [4.78, 5) is 32.5. The van der Waals surface area contributed by atoms with Crippen molar-refractivity contribution in [1.29, 1.82) is 0 Å². The van der Waals surface area contributed by atoms with Gasteiger partial charge in [0.15, 0.2) is 0 Å². The number of imidazole rings is 1. The van der Waals surface area contributed by atoms with E-state index in [0.29, 0.717) is 0 Å². The van der Waals surface area contributed by atoms with Crippen LogP contribution in [0.4, 0.5) is 5.82 Å². The number of H-pyrrole nitrogens is 1. The summed E-state index contributed by atoms with van der Waals surface area (Å²) in [6.45, 7) is 0. The van der Waals surface area contributed by atoms with Crippen LogP contribution in [0.15, 0.2) is 6.33 Å². The van der Waals surface area contributed by atoms with Gasteiger partial charge in [-0.2, -0.15) is 0 Å². The molecule has 0 saturated heterocycles. The number of nitrogens with one attached hydrogen (secondary N) is 1. The van der Waals surface area contributed by atoms with Gasteiger partial charge in [0.05, 0.1) is 0 Å². The number of nitro groups is 3. The van der Waals surface area contributed by atoms with Crippen molar-refractivity contribution in [1.82, 2.24) is 9.97 Å². The summed E-state index contributed by atoms with van der Waals surface area (Å²) >= 11 is 0. The van der Waals surface area contributed by atoms with Gasteiger partial charge in [-0.05, 0) is 9.91 Å². The van der Waals surface area contributed by atoms with Crippen molar-refractivity contribution in [2.75, 3.05) is 0 Å². The Bertz CT molecular complexity index is 416. The summed E-state index contributed by atoms with van der Waals surface area (Å²) in [6, 6.07) is 0. The number of aromatic amines is 1. The molecule has 11 nitrogen and oxygen atoms in total. The molecule has 0 unspecified atom stereocenters. The molecule has 0 saturated carbocycles. The van der Waals surface area contributed by atoms with Crippen LogP contribution in [0.3, 0.4) is 0 Å². The van der Waals surface area contributed by atoms with Gasteiger partial charge in [-0.3, -0.25) is 20.2 Å². The van der Waals surface area contributed by atoms with Gasteiger partial charge < -0.3 is 15.1 Å². The zero-order valence-corrected chi connectivity index (χ0v) is 6.89. The molecule has 1 N–H and O–H groups in total. The average Bonchev–Trinajstić information content (AvgIpc) is 2.51. The number of nitrogens with zero attached hydrogens (tertiary/aromatic N) is 4. The quantitative estimate of drug-likeness (QED) is 0.313. The Balaban J connectivity index is 0.00000225. The van der Waals surface area contributed by atoms with E-state index in [1.54, 1.807) is 0 Å². The molecule has 0 aliphatic heterocycles. The molecule has 0 atom stereocenters. The van der Waals surface area contributed by atoms with E-state index in [0.717, 1.165) is 6.33 Å². The molecule has 82 valence electrons. The standard InChI is InChI=1S/C4H3N5O6.Na.H/c10-7(11)3-2(5-1-6-3)4(8(12)13)9(14)15;;/h1,4H,(H,5,6);;. The Morgan fingerprint density at radius 2 is 1.69 bits per heavy atom. The number of aromatic nitrogens is 2. The molecule has 0 bridgehead atoms. The second-order valence-electron chi connectivity index (χ2n) is 2.34. The van der Waals surface area contributed by atoms with Crippen LogP contribution in [-0.4, -0.2) is 54.3 Å². The monoisotopic (exact) mass is 241 g/mol.